The lowest BCUT2D eigenvalue weighted by molar-refractivity contribution is -0.143. The zero-order valence-electron chi connectivity index (χ0n) is 14.9. The SMILES string of the molecule is Cc1ccc(NC(=O)CSCC(=O)NCCCN(C)CC(F)(F)F)cc1. The van der Waals surface area contributed by atoms with Gasteiger partial charge in [-0.15, -0.1) is 11.8 Å². The molecular formula is C17H24F3N3O2S. The van der Waals surface area contributed by atoms with Crippen LogP contribution in [0.2, 0.25) is 0 Å². The van der Waals surface area contributed by atoms with Crippen molar-refractivity contribution in [3.05, 3.63) is 29.8 Å². The molecule has 0 radical (unpaired) electrons. The number of carbonyl (C=O) groups is 2. The highest BCUT2D eigenvalue weighted by atomic mass is 32.2. The molecule has 0 heterocycles. The Kier molecular flexibility index (Phi) is 9.50. The fraction of sp³-hybridized carbons (Fsp3) is 0.529. The van der Waals surface area contributed by atoms with Crippen molar-refractivity contribution in [3.8, 4) is 0 Å². The van der Waals surface area contributed by atoms with Crippen molar-refractivity contribution >= 4 is 29.3 Å². The second-order valence-corrected chi connectivity index (χ2v) is 6.95. The van der Waals surface area contributed by atoms with Crippen molar-refractivity contribution in [2.45, 2.75) is 19.5 Å². The van der Waals surface area contributed by atoms with Gasteiger partial charge in [-0.3, -0.25) is 14.5 Å². The molecule has 0 atom stereocenters. The van der Waals surface area contributed by atoms with E-state index in [-0.39, 0.29) is 29.9 Å². The molecule has 0 spiro atoms. The second-order valence-electron chi connectivity index (χ2n) is 5.96. The molecule has 0 aliphatic carbocycles. The molecule has 0 aliphatic heterocycles. The van der Waals surface area contributed by atoms with E-state index in [2.05, 4.69) is 10.6 Å². The van der Waals surface area contributed by atoms with E-state index >= 15 is 0 Å². The zero-order chi connectivity index (χ0) is 19.6. The summed E-state index contributed by atoms with van der Waals surface area (Å²) >= 11 is 1.18. The number of anilines is 1. The molecule has 146 valence electrons. The third-order valence-electron chi connectivity index (χ3n) is 3.29. The van der Waals surface area contributed by atoms with Crippen LogP contribution >= 0.6 is 11.8 Å². The molecule has 0 aliphatic rings. The molecule has 9 heteroatoms. The number of aryl methyl sites for hydroxylation is 1. The number of nitrogens with one attached hydrogen (secondary N) is 2. The lowest BCUT2D eigenvalue weighted by Crippen LogP contribution is -2.34. The third-order valence-corrected chi connectivity index (χ3v) is 4.22. The summed E-state index contributed by atoms with van der Waals surface area (Å²) in [5.41, 5.74) is 1.80. The van der Waals surface area contributed by atoms with E-state index in [0.717, 1.165) is 10.5 Å². The van der Waals surface area contributed by atoms with Gasteiger partial charge in [0, 0.05) is 12.2 Å². The molecule has 2 amide bonds. The number of benzene rings is 1. The van der Waals surface area contributed by atoms with Crippen molar-refractivity contribution in [3.63, 3.8) is 0 Å². The summed E-state index contributed by atoms with van der Waals surface area (Å²) in [5, 5.41) is 5.37. The lowest BCUT2D eigenvalue weighted by Gasteiger charge is -2.18. The molecule has 1 aromatic carbocycles. The van der Waals surface area contributed by atoms with E-state index in [1.54, 1.807) is 12.1 Å². The normalized spacial score (nSPS) is 11.5. The van der Waals surface area contributed by atoms with Gasteiger partial charge in [0.1, 0.15) is 0 Å². The van der Waals surface area contributed by atoms with Crippen LogP contribution in [0.25, 0.3) is 0 Å². The molecule has 26 heavy (non-hydrogen) atoms. The van der Waals surface area contributed by atoms with Gasteiger partial charge in [-0.1, -0.05) is 17.7 Å². The maximum atomic E-state index is 12.2. The van der Waals surface area contributed by atoms with Crippen molar-refractivity contribution in [2.24, 2.45) is 0 Å². The van der Waals surface area contributed by atoms with Crippen molar-refractivity contribution in [2.75, 3.05) is 43.5 Å². The highest BCUT2D eigenvalue weighted by Crippen LogP contribution is 2.15. The predicted molar refractivity (Wildman–Crippen MR) is 98.3 cm³/mol. The Balaban J connectivity index is 2.09. The van der Waals surface area contributed by atoms with Gasteiger partial charge in [0.2, 0.25) is 11.8 Å². The number of carbonyl (C=O) groups excluding carboxylic acids is 2. The number of nitrogens with zero attached hydrogens (tertiary/aromatic N) is 1. The first-order chi connectivity index (χ1) is 12.2. The molecule has 0 saturated heterocycles. The third kappa shape index (κ3) is 11.0. The van der Waals surface area contributed by atoms with Crippen molar-refractivity contribution < 1.29 is 22.8 Å². The van der Waals surface area contributed by atoms with Crippen LogP contribution in [0.3, 0.4) is 0 Å². The molecule has 0 aromatic heterocycles. The van der Waals surface area contributed by atoms with Crippen LogP contribution in [0.4, 0.5) is 18.9 Å². The lowest BCUT2D eigenvalue weighted by atomic mass is 10.2. The number of rotatable bonds is 10. The maximum absolute atomic E-state index is 12.2. The van der Waals surface area contributed by atoms with Gasteiger partial charge in [-0.25, -0.2) is 0 Å². The minimum absolute atomic E-state index is 0.125. The largest absolute Gasteiger partial charge is 0.401 e. The molecule has 5 nitrogen and oxygen atoms in total. The standard InChI is InChI=1S/C17H24F3N3O2S/c1-13-4-6-14(7-5-13)22-16(25)11-26-10-15(24)21-8-3-9-23(2)12-17(18,19)20/h4-7H,3,8-12H2,1-2H3,(H,21,24)(H,22,25). The van der Waals surface area contributed by atoms with Crippen LogP contribution in [-0.2, 0) is 9.59 Å². The Morgan fingerprint density at radius 1 is 1.12 bits per heavy atom. The average molecular weight is 391 g/mol. The smallest absolute Gasteiger partial charge is 0.355 e. The van der Waals surface area contributed by atoms with Gasteiger partial charge in [0.05, 0.1) is 18.1 Å². The molecule has 1 rings (SSSR count). The van der Waals surface area contributed by atoms with Crippen LogP contribution in [0, 0.1) is 6.92 Å². The minimum Gasteiger partial charge on any atom is -0.355 e. The molecule has 2 N–H and O–H groups in total. The van der Waals surface area contributed by atoms with E-state index in [1.165, 1.54) is 18.8 Å². The molecule has 0 fully saturated rings. The average Bonchev–Trinajstić information content (AvgIpc) is 2.52. The maximum Gasteiger partial charge on any atom is 0.401 e. The topological polar surface area (TPSA) is 61.4 Å². The number of hydrogen-bond donors (Lipinski definition) is 2. The van der Waals surface area contributed by atoms with Gasteiger partial charge in [0.15, 0.2) is 0 Å². The molecule has 0 saturated carbocycles. The van der Waals surface area contributed by atoms with Gasteiger partial charge in [-0.2, -0.15) is 13.2 Å². The summed E-state index contributed by atoms with van der Waals surface area (Å²) in [6.45, 7) is 1.53. The highest BCUT2D eigenvalue weighted by Gasteiger charge is 2.28. The fourth-order valence-electron chi connectivity index (χ4n) is 2.08. The monoisotopic (exact) mass is 391 g/mol. The van der Waals surface area contributed by atoms with Crippen molar-refractivity contribution in [1.82, 2.24) is 10.2 Å². The summed E-state index contributed by atoms with van der Waals surface area (Å²) in [4.78, 5) is 24.6. The van der Waals surface area contributed by atoms with Crippen LogP contribution in [-0.4, -0.2) is 61.1 Å². The Morgan fingerprint density at radius 3 is 2.35 bits per heavy atom. The van der Waals surface area contributed by atoms with E-state index in [4.69, 9.17) is 0 Å². The zero-order valence-corrected chi connectivity index (χ0v) is 15.7. The van der Waals surface area contributed by atoms with Gasteiger partial charge in [-0.05, 0) is 39.1 Å². The Bertz CT molecular complexity index is 580. The van der Waals surface area contributed by atoms with E-state index in [0.29, 0.717) is 18.7 Å². The summed E-state index contributed by atoms with van der Waals surface area (Å²) in [5.74, 6) is -0.160. The quantitative estimate of drug-likeness (QED) is 0.602. The Labute approximate surface area is 155 Å². The first-order valence-corrected chi connectivity index (χ1v) is 9.27. The molecule has 0 bridgehead atoms. The van der Waals surface area contributed by atoms with Gasteiger partial charge < -0.3 is 10.6 Å². The van der Waals surface area contributed by atoms with E-state index < -0.39 is 12.7 Å². The van der Waals surface area contributed by atoms with Crippen LogP contribution in [0.1, 0.15) is 12.0 Å². The van der Waals surface area contributed by atoms with Gasteiger partial charge >= 0.3 is 6.18 Å². The summed E-state index contributed by atoms with van der Waals surface area (Å²) < 4.78 is 36.5. The first kappa shape index (κ1) is 22.3. The van der Waals surface area contributed by atoms with Crippen LogP contribution in [0.5, 0.6) is 0 Å². The summed E-state index contributed by atoms with van der Waals surface area (Å²) in [6.07, 6.45) is -3.79. The molecule has 0 unspecified atom stereocenters. The number of alkyl halides is 3. The number of hydrogen-bond acceptors (Lipinski definition) is 4. The Hall–Kier alpha value is -1.74. The van der Waals surface area contributed by atoms with Crippen molar-refractivity contribution in [1.29, 1.82) is 0 Å². The highest BCUT2D eigenvalue weighted by molar-refractivity contribution is 8.00. The summed E-state index contributed by atoms with van der Waals surface area (Å²) in [6, 6.07) is 7.39. The first-order valence-electron chi connectivity index (χ1n) is 8.12. The second kappa shape index (κ2) is 11.1. The van der Waals surface area contributed by atoms with Gasteiger partial charge in [0.25, 0.3) is 0 Å². The van der Waals surface area contributed by atoms with E-state index in [1.807, 2.05) is 19.1 Å². The molecular weight excluding hydrogens is 367 g/mol. The minimum atomic E-state index is -4.21. The van der Waals surface area contributed by atoms with Crippen LogP contribution < -0.4 is 10.6 Å². The summed E-state index contributed by atoms with van der Waals surface area (Å²) in [7, 11) is 1.39. The number of amides is 2. The Morgan fingerprint density at radius 2 is 1.73 bits per heavy atom. The molecule has 1 aromatic rings. The number of thioether (sulfide) groups is 1. The fourth-order valence-corrected chi connectivity index (χ4v) is 2.73. The van der Waals surface area contributed by atoms with Crippen LogP contribution in [0.15, 0.2) is 24.3 Å². The predicted octanol–water partition coefficient (Wildman–Crippen LogP) is 2.67. The number of halogens is 3. The van der Waals surface area contributed by atoms with E-state index in [9.17, 15) is 22.8 Å².